The highest BCUT2D eigenvalue weighted by Gasteiger charge is 2.28. The highest BCUT2D eigenvalue weighted by atomic mass is 32.2. The average Bonchev–Trinajstić information content (AvgIpc) is 2.58. The predicted molar refractivity (Wildman–Crippen MR) is 113 cm³/mol. The summed E-state index contributed by atoms with van der Waals surface area (Å²) in [5.41, 5.74) is 1.21. The molecule has 0 spiro atoms. The molecule has 1 heterocycles. The van der Waals surface area contributed by atoms with Crippen molar-refractivity contribution in [3.05, 3.63) is 29.3 Å². The van der Waals surface area contributed by atoms with Gasteiger partial charge in [0.1, 0.15) is 0 Å². The number of amides is 1. The lowest BCUT2D eigenvalue weighted by Crippen LogP contribution is -2.38. The SMILES string of the molecule is Cc1ccc(S(=O)(=O)N2CCC(C)CC2)cc1C(=O)NCCSC(C)(C)C. The molecule has 1 N–H and O–H groups in total. The maximum Gasteiger partial charge on any atom is 0.251 e. The second-order valence-electron chi connectivity index (χ2n) is 8.28. The molecule has 1 amide bonds. The quantitative estimate of drug-likeness (QED) is 0.724. The summed E-state index contributed by atoms with van der Waals surface area (Å²) >= 11 is 1.78. The highest BCUT2D eigenvalue weighted by molar-refractivity contribution is 8.00. The van der Waals surface area contributed by atoms with Crippen LogP contribution in [0.3, 0.4) is 0 Å². The van der Waals surface area contributed by atoms with Crippen LogP contribution in [0.4, 0.5) is 0 Å². The van der Waals surface area contributed by atoms with Crippen molar-refractivity contribution in [2.45, 2.75) is 57.1 Å². The molecule has 1 aliphatic rings. The van der Waals surface area contributed by atoms with Crippen LogP contribution in [0, 0.1) is 12.8 Å². The summed E-state index contributed by atoms with van der Waals surface area (Å²) < 4.78 is 27.6. The van der Waals surface area contributed by atoms with E-state index in [0.29, 0.717) is 31.1 Å². The molecule has 0 unspecified atom stereocenters. The van der Waals surface area contributed by atoms with Gasteiger partial charge in [-0.2, -0.15) is 16.1 Å². The zero-order valence-electron chi connectivity index (χ0n) is 17.0. The molecule has 0 bridgehead atoms. The number of carbonyl (C=O) groups is 1. The van der Waals surface area contributed by atoms with Crippen molar-refractivity contribution >= 4 is 27.7 Å². The Bertz CT molecular complexity index is 762. The van der Waals surface area contributed by atoms with Crippen LogP contribution in [0.15, 0.2) is 23.1 Å². The summed E-state index contributed by atoms with van der Waals surface area (Å²) in [4.78, 5) is 12.8. The first-order chi connectivity index (χ1) is 12.5. The van der Waals surface area contributed by atoms with E-state index >= 15 is 0 Å². The van der Waals surface area contributed by atoms with E-state index in [-0.39, 0.29) is 15.5 Å². The van der Waals surface area contributed by atoms with Gasteiger partial charge in [0, 0.05) is 35.7 Å². The molecule has 1 saturated heterocycles. The largest absolute Gasteiger partial charge is 0.351 e. The average molecular weight is 413 g/mol. The van der Waals surface area contributed by atoms with Crippen LogP contribution in [0.25, 0.3) is 0 Å². The van der Waals surface area contributed by atoms with E-state index in [1.165, 1.54) is 6.07 Å². The first-order valence-electron chi connectivity index (χ1n) is 9.53. The minimum absolute atomic E-state index is 0.153. The first kappa shape index (κ1) is 22.2. The van der Waals surface area contributed by atoms with Gasteiger partial charge in [-0.1, -0.05) is 33.8 Å². The number of benzene rings is 1. The van der Waals surface area contributed by atoms with Gasteiger partial charge in [0.15, 0.2) is 0 Å². The monoisotopic (exact) mass is 412 g/mol. The van der Waals surface area contributed by atoms with E-state index in [2.05, 4.69) is 33.0 Å². The minimum Gasteiger partial charge on any atom is -0.351 e. The third-order valence-corrected chi connectivity index (χ3v) is 7.93. The van der Waals surface area contributed by atoms with Gasteiger partial charge < -0.3 is 5.32 Å². The van der Waals surface area contributed by atoms with Crippen molar-refractivity contribution in [1.29, 1.82) is 0 Å². The summed E-state index contributed by atoms with van der Waals surface area (Å²) in [5.74, 6) is 1.16. The normalized spacial score (nSPS) is 17.1. The summed E-state index contributed by atoms with van der Waals surface area (Å²) in [6, 6.07) is 4.85. The number of thioether (sulfide) groups is 1. The Morgan fingerprint density at radius 1 is 1.26 bits per heavy atom. The van der Waals surface area contributed by atoms with Crippen molar-refractivity contribution in [2.24, 2.45) is 5.92 Å². The molecule has 5 nitrogen and oxygen atoms in total. The molecule has 1 aromatic carbocycles. The highest BCUT2D eigenvalue weighted by Crippen LogP contribution is 2.25. The molecule has 1 aliphatic heterocycles. The summed E-state index contributed by atoms with van der Waals surface area (Å²) in [6.45, 7) is 12.0. The molecule has 0 saturated carbocycles. The molecule has 1 fully saturated rings. The molecule has 0 aliphatic carbocycles. The zero-order chi connectivity index (χ0) is 20.2. The number of hydrogen-bond acceptors (Lipinski definition) is 4. The Kier molecular flexibility index (Phi) is 7.39. The fraction of sp³-hybridized carbons (Fsp3) is 0.650. The third-order valence-electron chi connectivity index (χ3n) is 4.76. The topological polar surface area (TPSA) is 66.5 Å². The van der Waals surface area contributed by atoms with Gasteiger partial charge in [0.25, 0.3) is 5.91 Å². The minimum atomic E-state index is -3.55. The Hall–Kier alpha value is -1.05. The smallest absolute Gasteiger partial charge is 0.251 e. The number of hydrogen-bond donors (Lipinski definition) is 1. The Morgan fingerprint density at radius 2 is 1.89 bits per heavy atom. The molecule has 0 atom stereocenters. The van der Waals surface area contributed by atoms with Gasteiger partial charge in [-0.05, 0) is 43.4 Å². The van der Waals surface area contributed by atoms with Crippen molar-refractivity contribution in [3.63, 3.8) is 0 Å². The number of aryl methyl sites for hydroxylation is 1. The van der Waals surface area contributed by atoms with Gasteiger partial charge in [0.05, 0.1) is 4.90 Å². The maximum absolute atomic E-state index is 12.9. The Balaban J connectivity index is 2.09. The summed E-state index contributed by atoms with van der Waals surface area (Å²) in [5, 5.41) is 2.91. The number of sulfonamides is 1. The third kappa shape index (κ3) is 6.22. The molecule has 152 valence electrons. The van der Waals surface area contributed by atoms with Gasteiger partial charge in [-0.3, -0.25) is 4.79 Å². The Labute approximate surface area is 168 Å². The van der Waals surface area contributed by atoms with E-state index in [1.54, 1.807) is 28.2 Å². The number of carbonyl (C=O) groups excluding carboxylic acids is 1. The lowest BCUT2D eigenvalue weighted by Gasteiger charge is -2.29. The number of piperidine rings is 1. The number of nitrogens with zero attached hydrogens (tertiary/aromatic N) is 1. The molecule has 2 rings (SSSR count). The van der Waals surface area contributed by atoms with Crippen LogP contribution in [0.1, 0.15) is 56.5 Å². The van der Waals surface area contributed by atoms with Crippen LogP contribution < -0.4 is 5.32 Å². The van der Waals surface area contributed by atoms with Gasteiger partial charge in [-0.25, -0.2) is 8.42 Å². The standard InChI is InChI=1S/C20H32N2O3S2/c1-15-8-11-22(12-9-15)27(24,25)17-7-6-16(2)18(14-17)19(23)21-10-13-26-20(3,4)5/h6-7,14-15H,8-13H2,1-5H3,(H,21,23). The van der Waals surface area contributed by atoms with E-state index in [0.717, 1.165) is 24.2 Å². The number of nitrogens with one attached hydrogen (secondary N) is 1. The van der Waals surface area contributed by atoms with Crippen LogP contribution in [-0.4, -0.2) is 48.8 Å². The van der Waals surface area contributed by atoms with E-state index < -0.39 is 10.0 Å². The number of rotatable bonds is 6. The van der Waals surface area contributed by atoms with E-state index in [9.17, 15) is 13.2 Å². The van der Waals surface area contributed by atoms with Crippen LogP contribution in [0.2, 0.25) is 0 Å². The molecule has 7 heteroatoms. The zero-order valence-corrected chi connectivity index (χ0v) is 18.7. The van der Waals surface area contributed by atoms with Gasteiger partial charge >= 0.3 is 0 Å². The summed E-state index contributed by atoms with van der Waals surface area (Å²) in [6.07, 6.45) is 1.76. The maximum atomic E-state index is 12.9. The van der Waals surface area contributed by atoms with Gasteiger partial charge in [0.2, 0.25) is 10.0 Å². The molecule has 27 heavy (non-hydrogen) atoms. The van der Waals surface area contributed by atoms with Crippen LogP contribution in [-0.2, 0) is 10.0 Å². The second kappa shape index (κ2) is 8.97. The Morgan fingerprint density at radius 3 is 2.48 bits per heavy atom. The summed E-state index contributed by atoms with van der Waals surface area (Å²) in [7, 11) is -3.55. The van der Waals surface area contributed by atoms with E-state index in [1.807, 2.05) is 6.92 Å². The molecule has 1 aromatic rings. The lowest BCUT2D eigenvalue weighted by atomic mass is 10.0. The molecule has 0 radical (unpaired) electrons. The predicted octanol–water partition coefficient (Wildman–Crippen LogP) is 3.68. The fourth-order valence-electron chi connectivity index (χ4n) is 3.00. The molecule has 0 aromatic heterocycles. The first-order valence-corrected chi connectivity index (χ1v) is 12.0. The van der Waals surface area contributed by atoms with Crippen LogP contribution >= 0.6 is 11.8 Å². The molecular weight excluding hydrogens is 380 g/mol. The van der Waals surface area contributed by atoms with Crippen molar-refractivity contribution < 1.29 is 13.2 Å². The van der Waals surface area contributed by atoms with Crippen LogP contribution in [0.5, 0.6) is 0 Å². The second-order valence-corrected chi connectivity index (χ2v) is 12.1. The van der Waals surface area contributed by atoms with Gasteiger partial charge in [-0.15, -0.1) is 0 Å². The van der Waals surface area contributed by atoms with Crippen molar-refractivity contribution in [3.8, 4) is 0 Å². The fourth-order valence-corrected chi connectivity index (χ4v) is 5.31. The van der Waals surface area contributed by atoms with Crippen molar-refractivity contribution in [1.82, 2.24) is 9.62 Å². The van der Waals surface area contributed by atoms with E-state index in [4.69, 9.17) is 0 Å². The van der Waals surface area contributed by atoms with Crippen molar-refractivity contribution in [2.75, 3.05) is 25.4 Å². The molecular formula is C20H32N2O3S2. The lowest BCUT2D eigenvalue weighted by molar-refractivity contribution is 0.0955.